The molecule has 5 atom stereocenters. The molecular weight excluding hydrogens is 350 g/mol. The van der Waals surface area contributed by atoms with Gasteiger partial charge in [0.25, 0.3) is 5.91 Å². The SMILES string of the molecule is O=C(NC1[C@@H](OCc2ccccc2)OC(CO)[C@@H](O)[C@@H]1O)c1ccccc1. The lowest BCUT2D eigenvalue weighted by molar-refractivity contribution is -0.272. The van der Waals surface area contributed by atoms with Crippen molar-refractivity contribution < 1.29 is 29.6 Å². The first kappa shape index (κ1) is 19.5. The molecule has 144 valence electrons. The largest absolute Gasteiger partial charge is 0.394 e. The van der Waals surface area contributed by atoms with Crippen LogP contribution in [0.3, 0.4) is 0 Å². The van der Waals surface area contributed by atoms with E-state index in [1.807, 2.05) is 30.3 Å². The number of rotatable bonds is 6. The van der Waals surface area contributed by atoms with E-state index in [0.717, 1.165) is 5.56 Å². The third-order valence-corrected chi connectivity index (χ3v) is 4.47. The smallest absolute Gasteiger partial charge is 0.251 e. The van der Waals surface area contributed by atoms with E-state index in [1.54, 1.807) is 30.3 Å². The minimum absolute atomic E-state index is 0.185. The molecule has 1 aliphatic heterocycles. The number of amides is 1. The Morgan fingerprint density at radius 3 is 2.26 bits per heavy atom. The lowest BCUT2D eigenvalue weighted by atomic mass is 9.96. The molecular formula is C20H23NO6. The Morgan fingerprint density at radius 1 is 1.00 bits per heavy atom. The lowest BCUT2D eigenvalue weighted by Gasteiger charge is -2.42. The van der Waals surface area contributed by atoms with Gasteiger partial charge in [0, 0.05) is 5.56 Å². The molecule has 2 unspecified atom stereocenters. The highest BCUT2D eigenvalue weighted by Crippen LogP contribution is 2.23. The fourth-order valence-electron chi connectivity index (χ4n) is 2.95. The summed E-state index contributed by atoms with van der Waals surface area (Å²) in [5.41, 5.74) is 1.29. The van der Waals surface area contributed by atoms with Crippen LogP contribution in [0, 0.1) is 0 Å². The summed E-state index contributed by atoms with van der Waals surface area (Å²) in [7, 11) is 0. The Hall–Kier alpha value is -2.29. The van der Waals surface area contributed by atoms with Crippen LogP contribution < -0.4 is 5.32 Å². The predicted molar refractivity (Wildman–Crippen MR) is 96.7 cm³/mol. The summed E-state index contributed by atoms with van der Waals surface area (Å²) in [4.78, 5) is 12.5. The van der Waals surface area contributed by atoms with Crippen molar-refractivity contribution in [1.82, 2.24) is 5.32 Å². The molecule has 27 heavy (non-hydrogen) atoms. The summed E-state index contributed by atoms with van der Waals surface area (Å²) in [5, 5.41) is 32.7. The Balaban J connectivity index is 1.74. The molecule has 0 aliphatic carbocycles. The molecule has 1 amide bonds. The standard InChI is InChI=1S/C20H23NO6/c22-11-15-17(23)18(24)16(21-19(25)14-9-5-2-6-10-14)20(27-15)26-12-13-7-3-1-4-8-13/h1-10,15-18,20,22-24H,11-12H2,(H,21,25)/t15?,16?,17-,18-,20+/m1/s1. The molecule has 1 aliphatic rings. The number of hydrogen-bond acceptors (Lipinski definition) is 6. The Labute approximate surface area is 157 Å². The second-order valence-electron chi connectivity index (χ2n) is 6.37. The topological polar surface area (TPSA) is 108 Å². The maximum Gasteiger partial charge on any atom is 0.251 e. The highest BCUT2D eigenvalue weighted by atomic mass is 16.7. The average molecular weight is 373 g/mol. The van der Waals surface area contributed by atoms with E-state index in [9.17, 15) is 20.1 Å². The highest BCUT2D eigenvalue weighted by molar-refractivity contribution is 5.94. The van der Waals surface area contributed by atoms with Crippen molar-refractivity contribution in [3.8, 4) is 0 Å². The van der Waals surface area contributed by atoms with Gasteiger partial charge in [0.2, 0.25) is 0 Å². The van der Waals surface area contributed by atoms with Crippen molar-refractivity contribution >= 4 is 5.91 Å². The van der Waals surface area contributed by atoms with Gasteiger partial charge in [-0.25, -0.2) is 0 Å². The molecule has 0 bridgehead atoms. The average Bonchev–Trinajstić information content (AvgIpc) is 2.72. The van der Waals surface area contributed by atoms with E-state index in [-0.39, 0.29) is 6.61 Å². The fraction of sp³-hybridized carbons (Fsp3) is 0.350. The molecule has 0 radical (unpaired) electrons. The van der Waals surface area contributed by atoms with E-state index in [0.29, 0.717) is 5.56 Å². The highest BCUT2D eigenvalue weighted by Gasteiger charge is 2.45. The number of hydrogen-bond donors (Lipinski definition) is 4. The van der Waals surface area contributed by atoms with Gasteiger partial charge in [0.15, 0.2) is 6.29 Å². The zero-order valence-corrected chi connectivity index (χ0v) is 14.6. The van der Waals surface area contributed by atoms with E-state index < -0.39 is 43.2 Å². The summed E-state index contributed by atoms with van der Waals surface area (Å²) >= 11 is 0. The van der Waals surface area contributed by atoms with Crippen LogP contribution in [0.25, 0.3) is 0 Å². The second-order valence-corrected chi connectivity index (χ2v) is 6.37. The van der Waals surface area contributed by atoms with E-state index >= 15 is 0 Å². The number of aliphatic hydroxyl groups excluding tert-OH is 3. The molecule has 7 nitrogen and oxygen atoms in total. The van der Waals surface area contributed by atoms with Crippen LogP contribution in [0.4, 0.5) is 0 Å². The van der Waals surface area contributed by atoms with Gasteiger partial charge < -0.3 is 30.1 Å². The van der Waals surface area contributed by atoms with E-state index in [2.05, 4.69) is 5.32 Å². The second kappa shape index (κ2) is 9.07. The van der Waals surface area contributed by atoms with E-state index in [4.69, 9.17) is 9.47 Å². The van der Waals surface area contributed by atoms with Crippen LogP contribution in [-0.4, -0.2) is 58.5 Å². The summed E-state index contributed by atoms with van der Waals surface area (Å²) in [6, 6.07) is 16.9. The van der Waals surface area contributed by atoms with Crippen LogP contribution in [0.2, 0.25) is 0 Å². The summed E-state index contributed by atoms with van der Waals surface area (Å²) in [6.45, 7) is -0.299. The number of carbonyl (C=O) groups excluding carboxylic acids is 1. The Kier molecular flexibility index (Phi) is 6.54. The third-order valence-electron chi connectivity index (χ3n) is 4.47. The maximum absolute atomic E-state index is 12.5. The monoisotopic (exact) mass is 373 g/mol. The molecule has 1 heterocycles. The first-order valence-electron chi connectivity index (χ1n) is 8.74. The van der Waals surface area contributed by atoms with Crippen LogP contribution in [0.15, 0.2) is 60.7 Å². The van der Waals surface area contributed by atoms with Gasteiger partial charge in [-0.15, -0.1) is 0 Å². The maximum atomic E-state index is 12.5. The predicted octanol–water partition coefficient (Wildman–Crippen LogP) is 0.441. The van der Waals surface area contributed by atoms with Crippen LogP contribution >= 0.6 is 0 Å². The van der Waals surface area contributed by atoms with Crippen LogP contribution in [0.5, 0.6) is 0 Å². The fourth-order valence-corrected chi connectivity index (χ4v) is 2.95. The first-order valence-corrected chi connectivity index (χ1v) is 8.74. The lowest BCUT2D eigenvalue weighted by Crippen LogP contribution is -2.64. The van der Waals surface area contributed by atoms with Crippen molar-refractivity contribution in [2.75, 3.05) is 6.61 Å². The zero-order chi connectivity index (χ0) is 19.2. The Bertz CT molecular complexity index is 726. The number of nitrogens with one attached hydrogen (secondary N) is 1. The number of ether oxygens (including phenoxy) is 2. The molecule has 2 aromatic rings. The molecule has 0 spiro atoms. The van der Waals surface area contributed by atoms with Crippen LogP contribution in [0.1, 0.15) is 15.9 Å². The number of benzene rings is 2. The molecule has 4 N–H and O–H groups in total. The number of carbonyl (C=O) groups is 1. The quantitative estimate of drug-likeness (QED) is 0.585. The summed E-state index contributed by atoms with van der Waals surface area (Å²) < 4.78 is 11.3. The van der Waals surface area contributed by atoms with Crippen LogP contribution in [-0.2, 0) is 16.1 Å². The van der Waals surface area contributed by atoms with Gasteiger partial charge in [0.05, 0.1) is 13.2 Å². The van der Waals surface area contributed by atoms with Gasteiger partial charge in [-0.2, -0.15) is 0 Å². The minimum atomic E-state index is -1.36. The molecule has 1 fully saturated rings. The molecule has 0 saturated carbocycles. The van der Waals surface area contributed by atoms with Gasteiger partial charge in [-0.05, 0) is 17.7 Å². The summed E-state index contributed by atoms with van der Waals surface area (Å²) in [5.74, 6) is -0.425. The summed E-state index contributed by atoms with van der Waals surface area (Å²) in [6.07, 6.45) is -4.75. The molecule has 2 aromatic carbocycles. The Morgan fingerprint density at radius 2 is 1.63 bits per heavy atom. The van der Waals surface area contributed by atoms with Crippen molar-refractivity contribution in [2.24, 2.45) is 0 Å². The molecule has 0 aromatic heterocycles. The van der Waals surface area contributed by atoms with Crippen molar-refractivity contribution in [3.05, 3.63) is 71.8 Å². The number of aliphatic hydroxyl groups is 3. The van der Waals surface area contributed by atoms with Crippen molar-refractivity contribution in [3.63, 3.8) is 0 Å². The minimum Gasteiger partial charge on any atom is -0.394 e. The van der Waals surface area contributed by atoms with E-state index in [1.165, 1.54) is 0 Å². The third kappa shape index (κ3) is 4.71. The van der Waals surface area contributed by atoms with Gasteiger partial charge in [0.1, 0.15) is 24.4 Å². The van der Waals surface area contributed by atoms with Gasteiger partial charge >= 0.3 is 0 Å². The molecule has 7 heteroatoms. The molecule has 3 rings (SSSR count). The van der Waals surface area contributed by atoms with Crippen molar-refractivity contribution in [1.29, 1.82) is 0 Å². The first-order chi connectivity index (χ1) is 13.1. The molecule has 1 saturated heterocycles. The normalized spacial score (nSPS) is 27.9. The zero-order valence-electron chi connectivity index (χ0n) is 14.6. The van der Waals surface area contributed by atoms with Crippen molar-refractivity contribution in [2.45, 2.75) is 37.3 Å². The van der Waals surface area contributed by atoms with Gasteiger partial charge in [-0.1, -0.05) is 48.5 Å². The van der Waals surface area contributed by atoms with Gasteiger partial charge in [-0.3, -0.25) is 4.79 Å².